The van der Waals surface area contributed by atoms with Gasteiger partial charge in [0.2, 0.25) is 0 Å². The van der Waals surface area contributed by atoms with Crippen LogP contribution in [0.5, 0.6) is 5.75 Å². The smallest absolute Gasteiger partial charge is 0.127 e. The van der Waals surface area contributed by atoms with E-state index >= 15 is 0 Å². The summed E-state index contributed by atoms with van der Waals surface area (Å²) in [5.74, 6) is 2.34. The first kappa shape index (κ1) is 14.7. The van der Waals surface area contributed by atoms with Crippen LogP contribution >= 0.6 is 0 Å². The molecule has 114 valence electrons. The van der Waals surface area contributed by atoms with Crippen molar-refractivity contribution >= 4 is 10.8 Å². The van der Waals surface area contributed by atoms with Crippen molar-refractivity contribution in [2.75, 3.05) is 13.2 Å². The summed E-state index contributed by atoms with van der Waals surface area (Å²) in [6.45, 7) is 4.52. The van der Waals surface area contributed by atoms with E-state index in [1.54, 1.807) is 6.26 Å². The summed E-state index contributed by atoms with van der Waals surface area (Å²) < 4.78 is 11.3. The van der Waals surface area contributed by atoms with E-state index in [-0.39, 0.29) is 0 Å². The monoisotopic (exact) mass is 295 g/mol. The molecule has 3 rings (SSSR count). The Morgan fingerprint density at radius 2 is 1.91 bits per heavy atom. The second-order valence-electron chi connectivity index (χ2n) is 5.60. The summed E-state index contributed by atoms with van der Waals surface area (Å²) in [5.41, 5.74) is 0. The molecule has 1 aromatic heterocycles. The Morgan fingerprint density at radius 3 is 2.77 bits per heavy atom. The van der Waals surface area contributed by atoms with Gasteiger partial charge in [-0.3, -0.25) is 0 Å². The van der Waals surface area contributed by atoms with Crippen molar-refractivity contribution in [3.8, 4) is 5.75 Å². The van der Waals surface area contributed by atoms with Crippen LogP contribution in [0.25, 0.3) is 10.8 Å². The predicted molar refractivity (Wildman–Crippen MR) is 89.0 cm³/mol. The van der Waals surface area contributed by atoms with Crippen LogP contribution in [0.15, 0.2) is 65.3 Å². The van der Waals surface area contributed by atoms with Gasteiger partial charge in [-0.2, -0.15) is 0 Å². The summed E-state index contributed by atoms with van der Waals surface area (Å²) in [5, 5.41) is 5.77. The standard InChI is InChI=1S/C19H21NO2/c1-15(12-20-13-17-8-5-11-21-17)14-22-19-10-4-7-16-6-2-3-9-18(16)19/h2-11,15,20H,12-14H2,1H3/t15-/m0/s1. The van der Waals surface area contributed by atoms with Gasteiger partial charge in [0.25, 0.3) is 0 Å². The molecule has 0 unspecified atom stereocenters. The van der Waals surface area contributed by atoms with Crippen LogP contribution in [0.1, 0.15) is 12.7 Å². The molecular formula is C19H21NO2. The molecule has 0 radical (unpaired) electrons. The van der Waals surface area contributed by atoms with Gasteiger partial charge in [0.1, 0.15) is 11.5 Å². The molecule has 3 nitrogen and oxygen atoms in total. The number of benzene rings is 2. The molecule has 1 atom stereocenters. The summed E-state index contributed by atoms with van der Waals surface area (Å²) >= 11 is 0. The zero-order chi connectivity index (χ0) is 15.2. The van der Waals surface area contributed by atoms with Gasteiger partial charge in [-0.05, 0) is 23.6 Å². The molecule has 22 heavy (non-hydrogen) atoms. The number of ether oxygens (including phenoxy) is 1. The molecule has 0 amide bonds. The van der Waals surface area contributed by atoms with Crippen LogP contribution in [0.2, 0.25) is 0 Å². The van der Waals surface area contributed by atoms with Crippen LogP contribution < -0.4 is 10.1 Å². The van der Waals surface area contributed by atoms with Crippen molar-refractivity contribution in [2.24, 2.45) is 5.92 Å². The van der Waals surface area contributed by atoms with E-state index < -0.39 is 0 Å². The maximum Gasteiger partial charge on any atom is 0.127 e. The lowest BCUT2D eigenvalue weighted by Crippen LogP contribution is -2.24. The lowest BCUT2D eigenvalue weighted by atomic mass is 10.1. The topological polar surface area (TPSA) is 34.4 Å². The lowest BCUT2D eigenvalue weighted by Gasteiger charge is -2.15. The second kappa shape index (κ2) is 7.14. The number of nitrogens with one attached hydrogen (secondary N) is 1. The minimum Gasteiger partial charge on any atom is -0.493 e. The number of furan rings is 1. The predicted octanol–water partition coefficient (Wildman–Crippen LogP) is 4.24. The van der Waals surface area contributed by atoms with Gasteiger partial charge in [0, 0.05) is 17.8 Å². The normalized spacial score (nSPS) is 12.4. The van der Waals surface area contributed by atoms with Crippen molar-refractivity contribution in [3.05, 3.63) is 66.6 Å². The van der Waals surface area contributed by atoms with E-state index in [1.807, 2.05) is 36.4 Å². The Morgan fingerprint density at radius 1 is 1.05 bits per heavy atom. The highest BCUT2D eigenvalue weighted by Gasteiger charge is 2.06. The Kier molecular flexibility index (Phi) is 4.76. The molecule has 3 heteroatoms. The Bertz CT molecular complexity index is 701. The first-order valence-corrected chi connectivity index (χ1v) is 7.66. The van der Waals surface area contributed by atoms with Crippen LogP contribution in [0.3, 0.4) is 0 Å². The molecule has 0 aliphatic carbocycles. The van der Waals surface area contributed by atoms with E-state index in [2.05, 4.69) is 30.4 Å². The summed E-state index contributed by atoms with van der Waals surface area (Å²) in [4.78, 5) is 0. The molecule has 0 fully saturated rings. The zero-order valence-electron chi connectivity index (χ0n) is 12.8. The minimum atomic E-state index is 0.425. The van der Waals surface area contributed by atoms with Gasteiger partial charge >= 0.3 is 0 Å². The van der Waals surface area contributed by atoms with Crippen LogP contribution in [0, 0.1) is 5.92 Å². The third-order valence-electron chi connectivity index (χ3n) is 3.65. The van der Waals surface area contributed by atoms with E-state index in [0.29, 0.717) is 12.5 Å². The second-order valence-corrected chi connectivity index (χ2v) is 5.60. The van der Waals surface area contributed by atoms with E-state index in [1.165, 1.54) is 10.8 Å². The Hall–Kier alpha value is -2.26. The van der Waals surface area contributed by atoms with Crippen molar-refractivity contribution < 1.29 is 9.15 Å². The van der Waals surface area contributed by atoms with Crippen LogP contribution in [-0.2, 0) is 6.54 Å². The van der Waals surface area contributed by atoms with Crippen LogP contribution in [-0.4, -0.2) is 13.2 Å². The minimum absolute atomic E-state index is 0.425. The molecular weight excluding hydrogens is 274 g/mol. The average molecular weight is 295 g/mol. The fourth-order valence-electron chi connectivity index (χ4n) is 2.47. The summed E-state index contributed by atoms with van der Waals surface area (Å²) in [7, 11) is 0. The molecule has 2 aromatic carbocycles. The molecule has 0 saturated heterocycles. The van der Waals surface area contributed by atoms with Gasteiger partial charge in [0.05, 0.1) is 19.4 Å². The quantitative estimate of drug-likeness (QED) is 0.708. The fraction of sp³-hybridized carbons (Fsp3) is 0.263. The molecule has 0 aliphatic heterocycles. The molecule has 0 bridgehead atoms. The van der Waals surface area contributed by atoms with Gasteiger partial charge in [-0.1, -0.05) is 43.3 Å². The highest BCUT2D eigenvalue weighted by Crippen LogP contribution is 2.25. The van der Waals surface area contributed by atoms with E-state index in [0.717, 1.165) is 24.6 Å². The number of fused-ring (bicyclic) bond motifs is 1. The maximum atomic E-state index is 6.01. The fourth-order valence-corrected chi connectivity index (χ4v) is 2.47. The molecule has 0 saturated carbocycles. The van der Waals surface area contributed by atoms with Gasteiger partial charge in [0.15, 0.2) is 0 Å². The molecule has 3 aromatic rings. The van der Waals surface area contributed by atoms with E-state index in [4.69, 9.17) is 9.15 Å². The highest BCUT2D eigenvalue weighted by atomic mass is 16.5. The SMILES string of the molecule is C[C@@H](CNCc1ccco1)COc1cccc2ccccc12. The van der Waals surface area contributed by atoms with Crippen molar-refractivity contribution in [2.45, 2.75) is 13.5 Å². The first-order chi connectivity index (χ1) is 10.8. The lowest BCUT2D eigenvalue weighted by molar-refractivity contribution is 0.257. The Balaban J connectivity index is 1.50. The highest BCUT2D eigenvalue weighted by molar-refractivity contribution is 5.88. The van der Waals surface area contributed by atoms with Crippen molar-refractivity contribution in [1.29, 1.82) is 0 Å². The van der Waals surface area contributed by atoms with Gasteiger partial charge < -0.3 is 14.5 Å². The summed E-state index contributed by atoms with van der Waals surface area (Å²) in [6.07, 6.45) is 1.70. The third-order valence-corrected chi connectivity index (χ3v) is 3.65. The molecule has 1 N–H and O–H groups in total. The zero-order valence-corrected chi connectivity index (χ0v) is 12.8. The Labute approximate surface area is 130 Å². The van der Waals surface area contributed by atoms with E-state index in [9.17, 15) is 0 Å². The first-order valence-electron chi connectivity index (χ1n) is 7.66. The largest absolute Gasteiger partial charge is 0.493 e. The number of rotatable bonds is 7. The third kappa shape index (κ3) is 3.68. The molecule has 0 spiro atoms. The number of hydrogen-bond acceptors (Lipinski definition) is 3. The van der Waals surface area contributed by atoms with Gasteiger partial charge in [-0.15, -0.1) is 0 Å². The average Bonchev–Trinajstić information content (AvgIpc) is 3.06. The van der Waals surface area contributed by atoms with Gasteiger partial charge in [-0.25, -0.2) is 0 Å². The number of hydrogen-bond donors (Lipinski definition) is 1. The summed E-state index contributed by atoms with van der Waals surface area (Å²) in [6, 6.07) is 18.4. The van der Waals surface area contributed by atoms with Crippen molar-refractivity contribution in [3.63, 3.8) is 0 Å². The molecule has 1 heterocycles. The maximum absolute atomic E-state index is 6.01. The molecule has 0 aliphatic rings. The van der Waals surface area contributed by atoms with Crippen LogP contribution in [0.4, 0.5) is 0 Å². The van der Waals surface area contributed by atoms with Crippen molar-refractivity contribution in [1.82, 2.24) is 5.32 Å².